The van der Waals surface area contributed by atoms with Gasteiger partial charge in [-0.1, -0.05) is 12.1 Å². The van der Waals surface area contributed by atoms with Crippen LogP contribution < -0.4 is 10.6 Å². The van der Waals surface area contributed by atoms with Crippen LogP contribution in [0.2, 0.25) is 0 Å². The highest BCUT2D eigenvalue weighted by Crippen LogP contribution is 2.22. The highest BCUT2D eigenvalue weighted by Gasteiger charge is 2.22. The van der Waals surface area contributed by atoms with Crippen LogP contribution in [0.4, 0.5) is 14.9 Å². The summed E-state index contributed by atoms with van der Waals surface area (Å²) in [5, 5.41) is 14.1. The summed E-state index contributed by atoms with van der Waals surface area (Å²) >= 11 is 0. The van der Waals surface area contributed by atoms with Crippen molar-refractivity contribution in [1.29, 1.82) is 0 Å². The van der Waals surface area contributed by atoms with Crippen LogP contribution in [-0.2, 0) is 9.53 Å². The van der Waals surface area contributed by atoms with Crippen LogP contribution >= 0.6 is 0 Å². The molecule has 2 amide bonds. The number of benzene rings is 2. The molecule has 0 fully saturated rings. The van der Waals surface area contributed by atoms with Crippen molar-refractivity contribution < 1.29 is 28.6 Å². The summed E-state index contributed by atoms with van der Waals surface area (Å²) in [4.78, 5) is 34.7. The number of halogens is 1. The number of ether oxygens (including phenoxy) is 1. The van der Waals surface area contributed by atoms with Gasteiger partial charge < -0.3 is 15.2 Å². The second kappa shape index (κ2) is 8.79. The molecule has 7 nitrogen and oxygen atoms in total. The summed E-state index contributed by atoms with van der Waals surface area (Å²) in [6, 6.07) is 9.24. The Labute approximate surface area is 155 Å². The van der Waals surface area contributed by atoms with Gasteiger partial charge in [0.2, 0.25) is 0 Å². The van der Waals surface area contributed by atoms with Crippen LogP contribution in [0, 0.1) is 12.7 Å². The molecule has 0 bridgehead atoms. The zero-order valence-electron chi connectivity index (χ0n) is 14.8. The molecule has 0 aliphatic carbocycles. The fraction of sp³-hybridized carbons (Fsp3) is 0.211. The van der Waals surface area contributed by atoms with Gasteiger partial charge in [-0.05, 0) is 42.8 Å². The smallest absolute Gasteiger partial charge is 0.411 e. The lowest BCUT2D eigenvalue weighted by atomic mass is 10.0. The number of anilines is 1. The van der Waals surface area contributed by atoms with E-state index in [1.165, 1.54) is 43.5 Å². The van der Waals surface area contributed by atoms with E-state index < -0.39 is 36.2 Å². The van der Waals surface area contributed by atoms with Gasteiger partial charge in [0.25, 0.3) is 5.91 Å². The van der Waals surface area contributed by atoms with Crippen molar-refractivity contribution in [1.82, 2.24) is 5.32 Å². The number of carbonyl (C=O) groups is 3. The Hall–Kier alpha value is -3.42. The van der Waals surface area contributed by atoms with E-state index in [1.54, 1.807) is 13.0 Å². The minimum Gasteiger partial charge on any atom is -0.481 e. The summed E-state index contributed by atoms with van der Waals surface area (Å²) in [6.07, 6.45) is -1.11. The van der Waals surface area contributed by atoms with Crippen molar-refractivity contribution in [2.45, 2.75) is 19.4 Å². The molecule has 2 rings (SSSR count). The van der Waals surface area contributed by atoms with Gasteiger partial charge in [0.1, 0.15) is 5.82 Å². The molecular formula is C19H19FN2O5. The lowest BCUT2D eigenvalue weighted by molar-refractivity contribution is -0.137. The van der Waals surface area contributed by atoms with Crippen molar-refractivity contribution in [3.8, 4) is 0 Å². The molecule has 3 N–H and O–H groups in total. The summed E-state index contributed by atoms with van der Waals surface area (Å²) in [6.45, 7) is 1.71. The van der Waals surface area contributed by atoms with E-state index >= 15 is 0 Å². The minimum atomic E-state index is -1.17. The van der Waals surface area contributed by atoms with Crippen LogP contribution in [-0.4, -0.2) is 30.2 Å². The van der Waals surface area contributed by atoms with Crippen molar-refractivity contribution in [2.24, 2.45) is 0 Å². The van der Waals surface area contributed by atoms with E-state index in [9.17, 15) is 18.8 Å². The van der Waals surface area contributed by atoms with Crippen molar-refractivity contribution >= 4 is 23.7 Å². The molecule has 2 aromatic carbocycles. The Morgan fingerprint density at radius 1 is 1.15 bits per heavy atom. The van der Waals surface area contributed by atoms with Crippen LogP contribution in [0.5, 0.6) is 0 Å². The molecular weight excluding hydrogens is 355 g/mol. The van der Waals surface area contributed by atoms with E-state index in [-0.39, 0.29) is 11.1 Å². The number of carbonyl (C=O) groups excluding carboxylic acids is 2. The number of aliphatic carboxylic acids is 1. The maximum atomic E-state index is 14.2. The van der Waals surface area contributed by atoms with E-state index in [0.717, 1.165) is 0 Å². The number of hydrogen-bond donors (Lipinski definition) is 3. The largest absolute Gasteiger partial charge is 0.481 e. The van der Waals surface area contributed by atoms with Gasteiger partial charge in [-0.3, -0.25) is 14.9 Å². The Kier molecular flexibility index (Phi) is 6.48. The fourth-order valence-electron chi connectivity index (χ4n) is 2.44. The fourth-order valence-corrected chi connectivity index (χ4v) is 2.44. The number of rotatable bonds is 6. The van der Waals surface area contributed by atoms with Gasteiger partial charge >= 0.3 is 12.1 Å². The third-order valence-corrected chi connectivity index (χ3v) is 3.79. The van der Waals surface area contributed by atoms with Crippen molar-refractivity contribution in [2.75, 3.05) is 12.4 Å². The zero-order valence-corrected chi connectivity index (χ0v) is 14.8. The summed E-state index contributed by atoms with van der Waals surface area (Å²) in [5.41, 5.74) is 1.43. The van der Waals surface area contributed by atoms with E-state index in [4.69, 9.17) is 5.11 Å². The maximum absolute atomic E-state index is 14.2. The Balaban J connectivity index is 2.18. The van der Waals surface area contributed by atoms with Crippen molar-refractivity contribution in [3.63, 3.8) is 0 Å². The molecule has 142 valence electrons. The molecule has 0 aliphatic rings. The van der Waals surface area contributed by atoms with Gasteiger partial charge in [0, 0.05) is 16.8 Å². The molecule has 0 aliphatic heterocycles. The molecule has 0 aromatic heterocycles. The quantitative estimate of drug-likeness (QED) is 0.720. The Morgan fingerprint density at radius 2 is 1.81 bits per heavy atom. The molecule has 0 saturated heterocycles. The summed E-state index contributed by atoms with van der Waals surface area (Å²) in [5.74, 6) is -2.32. The number of nitrogens with one attached hydrogen (secondary N) is 2. The summed E-state index contributed by atoms with van der Waals surface area (Å²) < 4.78 is 18.7. The number of hydrogen-bond acceptors (Lipinski definition) is 4. The standard InChI is InChI=1S/C19H19FN2O5/c1-11-3-8-14(15(20)9-11)16(10-17(23)24)22-18(25)12-4-6-13(7-5-12)21-19(26)27-2/h3-9,16H,10H2,1-2H3,(H,21,26)(H,22,25)(H,23,24)/t16-/m1/s1. The predicted octanol–water partition coefficient (Wildman–Crippen LogP) is 3.26. The normalized spacial score (nSPS) is 11.4. The Morgan fingerprint density at radius 3 is 2.37 bits per heavy atom. The zero-order chi connectivity index (χ0) is 20.0. The average molecular weight is 374 g/mol. The van der Waals surface area contributed by atoms with Crippen LogP contribution in [0.3, 0.4) is 0 Å². The van der Waals surface area contributed by atoms with Crippen LogP contribution in [0.1, 0.15) is 33.9 Å². The molecule has 2 aromatic rings. The summed E-state index contributed by atoms with van der Waals surface area (Å²) in [7, 11) is 1.23. The second-order valence-electron chi connectivity index (χ2n) is 5.84. The topological polar surface area (TPSA) is 105 Å². The third kappa shape index (κ3) is 5.53. The molecule has 0 saturated carbocycles. The average Bonchev–Trinajstić information content (AvgIpc) is 2.61. The first-order valence-corrected chi connectivity index (χ1v) is 8.04. The first-order chi connectivity index (χ1) is 12.8. The molecule has 0 spiro atoms. The lowest BCUT2D eigenvalue weighted by Gasteiger charge is -2.18. The van der Waals surface area contributed by atoms with Crippen LogP contribution in [0.15, 0.2) is 42.5 Å². The second-order valence-corrected chi connectivity index (χ2v) is 5.84. The van der Waals surface area contributed by atoms with E-state index in [2.05, 4.69) is 15.4 Å². The third-order valence-electron chi connectivity index (χ3n) is 3.79. The molecule has 1 atom stereocenters. The SMILES string of the molecule is COC(=O)Nc1ccc(C(=O)N[C@H](CC(=O)O)c2ccc(C)cc2F)cc1. The number of carboxylic acid groups (broad SMARTS) is 1. The van der Waals surface area contributed by atoms with Crippen molar-refractivity contribution in [3.05, 3.63) is 65.0 Å². The van der Waals surface area contributed by atoms with Gasteiger partial charge in [-0.2, -0.15) is 0 Å². The van der Waals surface area contributed by atoms with Gasteiger partial charge in [0.15, 0.2) is 0 Å². The number of methoxy groups -OCH3 is 1. The number of amides is 2. The van der Waals surface area contributed by atoms with Gasteiger partial charge in [0.05, 0.1) is 19.6 Å². The van der Waals surface area contributed by atoms with Crippen LogP contribution in [0.25, 0.3) is 0 Å². The van der Waals surface area contributed by atoms with Gasteiger partial charge in [-0.15, -0.1) is 0 Å². The number of aryl methyl sites for hydroxylation is 1. The molecule has 0 radical (unpaired) electrons. The molecule has 0 heterocycles. The Bertz CT molecular complexity index is 852. The van der Waals surface area contributed by atoms with Gasteiger partial charge in [-0.25, -0.2) is 9.18 Å². The lowest BCUT2D eigenvalue weighted by Crippen LogP contribution is -2.30. The minimum absolute atomic E-state index is 0.0975. The first-order valence-electron chi connectivity index (χ1n) is 8.04. The number of carboxylic acids is 1. The first kappa shape index (κ1) is 19.9. The highest BCUT2D eigenvalue weighted by atomic mass is 19.1. The monoisotopic (exact) mass is 374 g/mol. The molecule has 8 heteroatoms. The van der Waals surface area contributed by atoms with E-state index in [0.29, 0.717) is 11.3 Å². The van der Waals surface area contributed by atoms with E-state index in [1.807, 2.05) is 0 Å². The maximum Gasteiger partial charge on any atom is 0.411 e. The predicted molar refractivity (Wildman–Crippen MR) is 96.1 cm³/mol. The molecule has 0 unspecified atom stereocenters. The highest BCUT2D eigenvalue weighted by molar-refractivity contribution is 5.95. The molecule has 27 heavy (non-hydrogen) atoms.